The summed E-state index contributed by atoms with van der Waals surface area (Å²) in [6.45, 7) is 4.08. The number of aliphatic hydroxyl groups is 1. The Morgan fingerprint density at radius 2 is 2.10 bits per heavy atom. The van der Waals surface area contributed by atoms with E-state index in [2.05, 4.69) is 15.2 Å². The van der Waals surface area contributed by atoms with Gasteiger partial charge in [-0.15, -0.1) is 0 Å². The summed E-state index contributed by atoms with van der Waals surface area (Å²) in [5.41, 5.74) is 2.64. The fourth-order valence-electron chi connectivity index (χ4n) is 2.07. The van der Waals surface area contributed by atoms with Crippen molar-refractivity contribution >= 4 is 0 Å². The maximum Gasteiger partial charge on any atom is 0.258 e. The van der Waals surface area contributed by atoms with Crippen LogP contribution in [0.15, 0.2) is 41.1 Å². The molecule has 2 heterocycles. The highest BCUT2D eigenvalue weighted by Gasteiger charge is 2.12. The molecule has 3 aromatic rings. The van der Waals surface area contributed by atoms with Gasteiger partial charge in [0.05, 0.1) is 11.8 Å². The average Bonchev–Trinajstić information content (AvgIpc) is 3.09. The van der Waals surface area contributed by atoms with Crippen LogP contribution in [0.25, 0.3) is 11.5 Å². The minimum Gasteiger partial charge on any atom is -0.387 e. The standard InChI is InChI=1S/C15H16N4O2/c1-10-5-3-4-6-12(10)15-16-14(18-21-15)9-19-8-7-13(17-19)11(2)20/h3-8,11,20H,9H2,1-2H3/t11-/m1/s1. The Kier molecular flexibility index (Phi) is 3.53. The van der Waals surface area contributed by atoms with Gasteiger partial charge in [-0.1, -0.05) is 23.4 Å². The summed E-state index contributed by atoms with van der Waals surface area (Å²) in [5, 5.41) is 17.7. The molecule has 0 amide bonds. The van der Waals surface area contributed by atoms with Crippen LogP contribution in [0.2, 0.25) is 0 Å². The molecule has 3 rings (SSSR count). The lowest BCUT2D eigenvalue weighted by molar-refractivity contribution is 0.193. The van der Waals surface area contributed by atoms with E-state index in [0.717, 1.165) is 11.1 Å². The van der Waals surface area contributed by atoms with Gasteiger partial charge in [-0.3, -0.25) is 4.68 Å². The van der Waals surface area contributed by atoms with Crippen molar-refractivity contribution in [1.82, 2.24) is 19.9 Å². The molecule has 0 aliphatic carbocycles. The Morgan fingerprint density at radius 1 is 1.29 bits per heavy atom. The van der Waals surface area contributed by atoms with Crippen LogP contribution in [0, 0.1) is 6.92 Å². The van der Waals surface area contributed by atoms with E-state index in [0.29, 0.717) is 24.0 Å². The molecule has 108 valence electrons. The zero-order valence-corrected chi connectivity index (χ0v) is 11.9. The van der Waals surface area contributed by atoms with Crippen molar-refractivity contribution in [3.05, 3.63) is 53.6 Å². The molecule has 0 radical (unpaired) electrons. The number of hydrogen-bond acceptors (Lipinski definition) is 5. The minimum atomic E-state index is -0.584. The number of aliphatic hydroxyl groups excluding tert-OH is 1. The first-order valence-electron chi connectivity index (χ1n) is 6.73. The lowest BCUT2D eigenvalue weighted by Gasteiger charge is -1.99. The number of benzene rings is 1. The third-order valence-electron chi connectivity index (χ3n) is 3.24. The van der Waals surface area contributed by atoms with Crippen LogP contribution in [0.1, 0.15) is 30.1 Å². The topological polar surface area (TPSA) is 77.0 Å². The van der Waals surface area contributed by atoms with E-state index >= 15 is 0 Å². The fourth-order valence-corrected chi connectivity index (χ4v) is 2.07. The molecule has 1 atom stereocenters. The van der Waals surface area contributed by atoms with Crippen LogP contribution in [0.3, 0.4) is 0 Å². The normalized spacial score (nSPS) is 12.5. The van der Waals surface area contributed by atoms with Gasteiger partial charge in [0.15, 0.2) is 5.82 Å². The Hall–Kier alpha value is -2.47. The molecule has 0 saturated heterocycles. The van der Waals surface area contributed by atoms with Crippen LogP contribution in [-0.4, -0.2) is 25.0 Å². The molecule has 0 spiro atoms. The SMILES string of the molecule is Cc1ccccc1-c1nc(Cn2ccc([C@@H](C)O)n2)no1. The van der Waals surface area contributed by atoms with Gasteiger partial charge in [-0.2, -0.15) is 10.1 Å². The maximum absolute atomic E-state index is 9.46. The van der Waals surface area contributed by atoms with Gasteiger partial charge in [0.1, 0.15) is 6.54 Å². The van der Waals surface area contributed by atoms with E-state index in [9.17, 15) is 5.11 Å². The number of rotatable bonds is 4. The second-order valence-corrected chi connectivity index (χ2v) is 4.94. The van der Waals surface area contributed by atoms with Gasteiger partial charge in [-0.05, 0) is 31.5 Å². The molecular formula is C15H16N4O2. The van der Waals surface area contributed by atoms with Gasteiger partial charge >= 0.3 is 0 Å². The fraction of sp³-hybridized carbons (Fsp3) is 0.267. The number of nitrogens with zero attached hydrogens (tertiary/aromatic N) is 4. The van der Waals surface area contributed by atoms with Crippen LogP contribution >= 0.6 is 0 Å². The molecule has 0 fully saturated rings. The summed E-state index contributed by atoms with van der Waals surface area (Å²) in [6, 6.07) is 9.63. The van der Waals surface area contributed by atoms with E-state index in [-0.39, 0.29) is 0 Å². The van der Waals surface area contributed by atoms with Crippen LogP contribution in [0.5, 0.6) is 0 Å². The lowest BCUT2D eigenvalue weighted by atomic mass is 10.1. The van der Waals surface area contributed by atoms with E-state index in [1.165, 1.54) is 0 Å². The Labute approximate surface area is 122 Å². The molecule has 0 bridgehead atoms. The van der Waals surface area contributed by atoms with Crippen molar-refractivity contribution < 1.29 is 9.63 Å². The molecule has 0 aliphatic heterocycles. The molecular weight excluding hydrogens is 268 g/mol. The predicted molar refractivity (Wildman–Crippen MR) is 76.4 cm³/mol. The molecule has 0 unspecified atom stereocenters. The third-order valence-corrected chi connectivity index (χ3v) is 3.24. The third kappa shape index (κ3) is 2.85. The second-order valence-electron chi connectivity index (χ2n) is 4.94. The molecule has 0 aliphatic rings. The summed E-state index contributed by atoms with van der Waals surface area (Å²) in [7, 11) is 0. The van der Waals surface area contributed by atoms with E-state index < -0.39 is 6.10 Å². The van der Waals surface area contributed by atoms with Crippen molar-refractivity contribution in [3.8, 4) is 11.5 Å². The molecule has 6 heteroatoms. The summed E-state index contributed by atoms with van der Waals surface area (Å²) >= 11 is 0. The van der Waals surface area contributed by atoms with E-state index in [4.69, 9.17) is 4.52 Å². The van der Waals surface area contributed by atoms with Gasteiger partial charge in [0.25, 0.3) is 5.89 Å². The van der Waals surface area contributed by atoms with Crippen molar-refractivity contribution in [2.45, 2.75) is 26.5 Å². The minimum absolute atomic E-state index is 0.405. The van der Waals surface area contributed by atoms with E-state index in [1.54, 1.807) is 23.9 Å². The van der Waals surface area contributed by atoms with Crippen LogP contribution in [-0.2, 0) is 6.54 Å². The summed E-state index contributed by atoms with van der Waals surface area (Å²) in [5.74, 6) is 1.06. The highest BCUT2D eigenvalue weighted by atomic mass is 16.5. The highest BCUT2D eigenvalue weighted by molar-refractivity contribution is 5.57. The quantitative estimate of drug-likeness (QED) is 0.795. The summed E-state index contributed by atoms with van der Waals surface area (Å²) in [4.78, 5) is 4.39. The smallest absolute Gasteiger partial charge is 0.258 e. The molecule has 2 aromatic heterocycles. The van der Waals surface area contributed by atoms with Gasteiger partial charge in [0, 0.05) is 11.8 Å². The maximum atomic E-state index is 9.46. The highest BCUT2D eigenvalue weighted by Crippen LogP contribution is 2.21. The number of aryl methyl sites for hydroxylation is 1. The van der Waals surface area contributed by atoms with Crippen LogP contribution < -0.4 is 0 Å². The van der Waals surface area contributed by atoms with Crippen molar-refractivity contribution in [3.63, 3.8) is 0 Å². The molecule has 21 heavy (non-hydrogen) atoms. The first-order chi connectivity index (χ1) is 10.1. The first kappa shape index (κ1) is 13.5. The van der Waals surface area contributed by atoms with E-state index in [1.807, 2.05) is 31.2 Å². The van der Waals surface area contributed by atoms with Gasteiger partial charge < -0.3 is 9.63 Å². The van der Waals surface area contributed by atoms with Crippen molar-refractivity contribution in [2.24, 2.45) is 0 Å². The average molecular weight is 284 g/mol. The molecule has 1 aromatic carbocycles. The van der Waals surface area contributed by atoms with Gasteiger partial charge in [0.2, 0.25) is 0 Å². The summed E-state index contributed by atoms with van der Waals surface area (Å²) < 4.78 is 6.98. The summed E-state index contributed by atoms with van der Waals surface area (Å²) in [6.07, 6.45) is 1.20. The predicted octanol–water partition coefficient (Wildman–Crippen LogP) is 2.34. The Bertz CT molecular complexity index is 745. The number of aromatic nitrogens is 4. The van der Waals surface area contributed by atoms with Crippen LogP contribution in [0.4, 0.5) is 0 Å². The Morgan fingerprint density at radius 3 is 2.81 bits per heavy atom. The zero-order chi connectivity index (χ0) is 14.8. The second kappa shape index (κ2) is 5.49. The largest absolute Gasteiger partial charge is 0.387 e. The molecule has 0 saturated carbocycles. The Balaban J connectivity index is 1.80. The number of hydrogen-bond donors (Lipinski definition) is 1. The monoisotopic (exact) mass is 284 g/mol. The van der Waals surface area contributed by atoms with Gasteiger partial charge in [-0.25, -0.2) is 0 Å². The van der Waals surface area contributed by atoms with Crippen molar-refractivity contribution in [1.29, 1.82) is 0 Å². The zero-order valence-electron chi connectivity index (χ0n) is 11.9. The molecule has 6 nitrogen and oxygen atoms in total. The lowest BCUT2D eigenvalue weighted by Crippen LogP contribution is -2.03. The molecule has 1 N–H and O–H groups in total. The first-order valence-corrected chi connectivity index (χ1v) is 6.73. The van der Waals surface area contributed by atoms with Crippen molar-refractivity contribution in [2.75, 3.05) is 0 Å².